The lowest BCUT2D eigenvalue weighted by molar-refractivity contribution is 0.223. The molecular formula is C13H14BrN3O. The molecule has 0 aliphatic carbocycles. The Morgan fingerprint density at radius 3 is 2.89 bits per heavy atom. The summed E-state index contributed by atoms with van der Waals surface area (Å²) >= 11 is 3.42. The number of hydrogen-bond donors (Lipinski definition) is 1. The minimum absolute atomic E-state index is 0.271. The number of aromatic nitrogens is 2. The van der Waals surface area contributed by atoms with Gasteiger partial charge >= 0.3 is 0 Å². The monoisotopic (exact) mass is 307 g/mol. The average Bonchev–Trinajstić information content (AvgIpc) is 3.02. The van der Waals surface area contributed by atoms with Crippen molar-refractivity contribution in [2.24, 2.45) is 0 Å². The Morgan fingerprint density at radius 1 is 1.33 bits per heavy atom. The number of hydrogen-bond acceptors (Lipinski definition) is 3. The molecule has 94 valence electrons. The average molecular weight is 308 g/mol. The summed E-state index contributed by atoms with van der Waals surface area (Å²) in [5.74, 6) is 0.826. The highest BCUT2D eigenvalue weighted by Crippen LogP contribution is 2.18. The SMILES string of the molecule is Brc1ccc(-n2cc(OC3CCNC3)cn2)cc1. The van der Waals surface area contributed by atoms with E-state index in [0.29, 0.717) is 0 Å². The zero-order chi connectivity index (χ0) is 12.4. The van der Waals surface area contributed by atoms with Gasteiger partial charge in [0, 0.05) is 11.0 Å². The van der Waals surface area contributed by atoms with Crippen molar-refractivity contribution in [1.29, 1.82) is 0 Å². The van der Waals surface area contributed by atoms with E-state index in [1.165, 1.54) is 0 Å². The molecular weight excluding hydrogens is 294 g/mol. The van der Waals surface area contributed by atoms with Gasteiger partial charge in [0.2, 0.25) is 0 Å². The summed E-state index contributed by atoms with van der Waals surface area (Å²) in [4.78, 5) is 0. The van der Waals surface area contributed by atoms with E-state index < -0.39 is 0 Å². The van der Waals surface area contributed by atoms with Crippen LogP contribution >= 0.6 is 15.9 Å². The van der Waals surface area contributed by atoms with Crippen LogP contribution in [0.2, 0.25) is 0 Å². The second-order valence-corrected chi connectivity index (χ2v) is 5.25. The first-order valence-corrected chi connectivity index (χ1v) is 6.78. The third-order valence-electron chi connectivity index (χ3n) is 2.97. The highest BCUT2D eigenvalue weighted by molar-refractivity contribution is 9.10. The predicted octanol–water partition coefficient (Wildman–Crippen LogP) is 2.38. The van der Waals surface area contributed by atoms with Gasteiger partial charge in [-0.2, -0.15) is 5.10 Å². The van der Waals surface area contributed by atoms with Crippen molar-refractivity contribution in [3.8, 4) is 11.4 Å². The van der Waals surface area contributed by atoms with Crippen molar-refractivity contribution in [3.05, 3.63) is 41.1 Å². The van der Waals surface area contributed by atoms with Crippen LogP contribution in [-0.4, -0.2) is 29.0 Å². The van der Waals surface area contributed by atoms with E-state index in [1.807, 2.05) is 35.1 Å². The van der Waals surface area contributed by atoms with Gasteiger partial charge in [-0.15, -0.1) is 0 Å². The molecule has 0 radical (unpaired) electrons. The van der Waals surface area contributed by atoms with Crippen LogP contribution in [0.4, 0.5) is 0 Å². The molecule has 1 aliphatic rings. The van der Waals surface area contributed by atoms with Crippen molar-refractivity contribution in [2.45, 2.75) is 12.5 Å². The van der Waals surface area contributed by atoms with Crippen molar-refractivity contribution >= 4 is 15.9 Å². The zero-order valence-corrected chi connectivity index (χ0v) is 11.4. The fourth-order valence-corrected chi connectivity index (χ4v) is 2.29. The first kappa shape index (κ1) is 11.7. The van der Waals surface area contributed by atoms with E-state index in [9.17, 15) is 0 Å². The fourth-order valence-electron chi connectivity index (χ4n) is 2.02. The quantitative estimate of drug-likeness (QED) is 0.946. The number of nitrogens with one attached hydrogen (secondary N) is 1. The number of halogens is 1. The summed E-state index contributed by atoms with van der Waals surface area (Å²) in [7, 11) is 0. The Balaban J connectivity index is 1.74. The Labute approximate surface area is 114 Å². The number of ether oxygens (including phenoxy) is 1. The molecule has 2 heterocycles. The molecule has 1 aromatic carbocycles. The highest BCUT2D eigenvalue weighted by Gasteiger charge is 2.16. The van der Waals surface area contributed by atoms with Crippen molar-refractivity contribution in [1.82, 2.24) is 15.1 Å². The van der Waals surface area contributed by atoms with Crippen molar-refractivity contribution < 1.29 is 4.74 Å². The highest BCUT2D eigenvalue weighted by atomic mass is 79.9. The minimum Gasteiger partial charge on any atom is -0.486 e. The Kier molecular flexibility index (Phi) is 3.34. The summed E-state index contributed by atoms with van der Waals surface area (Å²) in [6, 6.07) is 8.02. The molecule has 18 heavy (non-hydrogen) atoms. The zero-order valence-electron chi connectivity index (χ0n) is 9.84. The Morgan fingerprint density at radius 2 is 2.17 bits per heavy atom. The van der Waals surface area contributed by atoms with Gasteiger partial charge in [-0.25, -0.2) is 4.68 Å². The van der Waals surface area contributed by atoms with Crippen LogP contribution in [0.15, 0.2) is 41.1 Å². The van der Waals surface area contributed by atoms with Crippen molar-refractivity contribution in [2.75, 3.05) is 13.1 Å². The maximum atomic E-state index is 5.85. The van der Waals surface area contributed by atoms with Crippen LogP contribution in [0.3, 0.4) is 0 Å². The van der Waals surface area contributed by atoms with Gasteiger partial charge in [0.1, 0.15) is 6.10 Å². The smallest absolute Gasteiger partial charge is 0.158 e. The number of rotatable bonds is 3. The molecule has 4 nitrogen and oxygen atoms in total. The van der Waals surface area contributed by atoms with Crippen molar-refractivity contribution in [3.63, 3.8) is 0 Å². The molecule has 0 bridgehead atoms. The van der Waals surface area contributed by atoms with Crippen LogP contribution in [0, 0.1) is 0 Å². The minimum atomic E-state index is 0.271. The Hall–Kier alpha value is -1.33. The van der Waals surface area contributed by atoms with Gasteiger partial charge in [0.15, 0.2) is 5.75 Å². The van der Waals surface area contributed by atoms with Gasteiger partial charge < -0.3 is 10.1 Å². The second kappa shape index (κ2) is 5.12. The lowest BCUT2D eigenvalue weighted by Gasteiger charge is -2.09. The Bertz CT molecular complexity index is 517. The fraction of sp³-hybridized carbons (Fsp3) is 0.308. The van der Waals surface area contributed by atoms with E-state index in [-0.39, 0.29) is 6.10 Å². The predicted molar refractivity (Wildman–Crippen MR) is 73.2 cm³/mol. The second-order valence-electron chi connectivity index (χ2n) is 4.33. The molecule has 2 aromatic rings. The van der Waals surface area contributed by atoms with Gasteiger partial charge in [-0.3, -0.25) is 0 Å². The van der Waals surface area contributed by atoms with E-state index in [2.05, 4.69) is 26.3 Å². The number of benzene rings is 1. The van der Waals surface area contributed by atoms with Crippen LogP contribution in [0.1, 0.15) is 6.42 Å². The largest absolute Gasteiger partial charge is 0.486 e. The summed E-state index contributed by atoms with van der Waals surface area (Å²) in [5, 5.41) is 7.59. The molecule has 1 aliphatic heterocycles. The van der Waals surface area contributed by atoms with E-state index in [0.717, 1.165) is 35.4 Å². The summed E-state index contributed by atoms with van der Waals surface area (Å²) in [6.45, 7) is 1.95. The summed E-state index contributed by atoms with van der Waals surface area (Å²) in [5.41, 5.74) is 1.03. The third-order valence-corrected chi connectivity index (χ3v) is 3.50. The molecule has 1 N–H and O–H groups in total. The van der Waals surface area contributed by atoms with Crippen LogP contribution in [-0.2, 0) is 0 Å². The van der Waals surface area contributed by atoms with Gasteiger partial charge in [-0.1, -0.05) is 15.9 Å². The lowest BCUT2D eigenvalue weighted by atomic mass is 10.3. The first-order chi connectivity index (χ1) is 8.81. The standard InChI is InChI=1S/C13H14BrN3O/c14-10-1-3-11(4-2-10)17-9-13(8-16-17)18-12-5-6-15-7-12/h1-4,8-9,12,15H,5-7H2. The topological polar surface area (TPSA) is 39.1 Å². The molecule has 1 unspecified atom stereocenters. The normalized spacial score (nSPS) is 19.1. The molecule has 3 rings (SSSR count). The molecule has 0 saturated carbocycles. The van der Waals surface area contributed by atoms with E-state index in [4.69, 9.17) is 4.74 Å². The molecule has 1 fully saturated rings. The first-order valence-electron chi connectivity index (χ1n) is 5.99. The molecule has 5 heteroatoms. The molecule has 1 aromatic heterocycles. The van der Waals surface area contributed by atoms with E-state index in [1.54, 1.807) is 6.20 Å². The molecule has 1 saturated heterocycles. The van der Waals surface area contributed by atoms with E-state index >= 15 is 0 Å². The molecule has 1 atom stereocenters. The summed E-state index contributed by atoms with van der Waals surface area (Å²) < 4.78 is 8.73. The molecule has 0 amide bonds. The van der Waals surface area contributed by atoms with Crippen LogP contribution < -0.4 is 10.1 Å². The van der Waals surface area contributed by atoms with Gasteiger partial charge in [0.25, 0.3) is 0 Å². The maximum Gasteiger partial charge on any atom is 0.158 e. The maximum absolute atomic E-state index is 5.85. The van der Waals surface area contributed by atoms with Crippen LogP contribution in [0.5, 0.6) is 5.75 Å². The summed E-state index contributed by atoms with van der Waals surface area (Å²) in [6.07, 6.45) is 5.01. The van der Waals surface area contributed by atoms with Crippen LogP contribution in [0.25, 0.3) is 5.69 Å². The third kappa shape index (κ3) is 2.57. The number of nitrogens with zero attached hydrogens (tertiary/aromatic N) is 2. The van der Waals surface area contributed by atoms with Gasteiger partial charge in [0.05, 0.1) is 18.1 Å². The van der Waals surface area contributed by atoms with Gasteiger partial charge in [-0.05, 0) is 37.2 Å². The lowest BCUT2D eigenvalue weighted by Crippen LogP contribution is -2.19. The molecule has 0 spiro atoms.